The van der Waals surface area contributed by atoms with Gasteiger partial charge in [-0.2, -0.15) is 0 Å². The fourth-order valence-corrected chi connectivity index (χ4v) is 4.44. The third-order valence-corrected chi connectivity index (χ3v) is 6.29. The van der Waals surface area contributed by atoms with Crippen molar-refractivity contribution in [2.45, 2.75) is 56.3 Å². The van der Waals surface area contributed by atoms with E-state index in [1.165, 1.54) is 40.5 Å². The summed E-state index contributed by atoms with van der Waals surface area (Å²) in [5.74, 6) is 0. The molecule has 0 atom stereocenters. The van der Waals surface area contributed by atoms with Crippen molar-refractivity contribution in [3.63, 3.8) is 0 Å². The van der Waals surface area contributed by atoms with Gasteiger partial charge in [-0.25, -0.2) is 0 Å². The Hall–Kier alpha value is -1.80. The summed E-state index contributed by atoms with van der Waals surface area (Å²) in [4.78, 5) is 5.28. The molecular formula is C23H25NS. The minimum atomic E-state index is 0.218. The number of fused-ring (bicyclic) bond motifs is 2. The number of thiol groups is 1. The molecule has 0 unspecified atom stereocenters. The molecule has 0 N–H and O–H groups in total. The fraction of sp³-hybridized carbons (Fsp3) is 0.348. The zero-order valence-corrected chi connectivity index (χ0v) is 16.3. The zero-order valence-electron chi connectivity index (χ0n) is 15.4. The normalized spacial score (nSPS) is 18.1. The molecule has 0 aliphatic heterocycles. The van der Waals surface area contributed by atoms with Gasteiger partial charge >= 0.3 is 0 Å². The molecule has 0 fully saturated rings. The largest absolute Gasteiger partial charge is 0.264 e. The molecule has 0 spiro atoms. The lowest BCUT2D eigenvalue weighted by Gasteiger charge is -2.42. The van der Waals surface area contributed by atoms with E-state index in [-0.39, 0.29) is 10.8 Å². The third-order valence-electron chi connectivity index (χ3n) is 5.92. The van der Waals surface area contributed by atoms with Crippen LogP contribution in [-0.2, 0) is 10.8 Å². The summed E-state index contributed by atoms with van der Waals surface area (Å²) in [6.45, 7) is 9.48. The van der Waals surface area contributed by atoms with Crippen molar-refractivity contribution in [3.8, 4) is 11.1 Å². The number of hydrogen-bond acceptors (Lipinski definition) is 2. The quantitative estimate of drug-likeness (QED) is 0.493. The fourth-order valence-electron chi connectivity index (χ4n) is 4.11. The molecule has 1 nitrogen and oxygen atoms in total. The first kappa shape index (κ1) is 16.7. The third kappa shape index (κ3) is 2.77. The molecule has 0 radical (unpaired) electrons. The minimum absolute atomic E-state index is 0.218. The molecule has 1 heterocycles. The van der Waals surface area contributed by atoms with E-state index in [0.717, 1.165) is 10.3 Å². The van der Waals surface area contributed by atoms with Gasteiger partial charge in [0.15, 0.2) is 0 Å². The van der Waals surface area contributed by atoms with Crippen molar-refractivity contribution < 1.29 is 0 Å². The van der Waals surface area contributed by atoms with Gasteiger partial charge in [-0.3, -0.25) is 4.98 Å². The van der Waals surface area contributed by atoms with Crippen LogP contribution >= 0.6 is 12.6 Å². The van der Waals surface area contributed by atoms with Gasteiger partial charge in [-0.05, 0) is 69.5 Å². The van der Waals surface area contributed by atoms with E-state index in [4.69, 9.17) is 12.6 Å². The molecule has 2 heteroatoms. The van der Waals surface area contributed by atoms with E-state index >= 15 is 0 Å². The highest BCUT2D eigenvalue weighted by Gasteiger charge is 2.37. The average Bonchev–Trinajstić information content (AvgIpc) is 2.58. The predicted molar refractivity (Wildman–Crippen MR) is 110 cm³/mol. The van der Waals surface area contributed by atoms with E-state index < -0.39 is 0 Å². The van der Waals surface area contributed by atoms with Gasteiger partial charge in [0, 0.05) is 22.7 Å². The van der Waals surface area contributed by atoms with Crippen molar-refractivity contribution in [2.24, 2.45) is 0 Å². The van der Waals surface area contributed by atoms with E-state index in [9.17, 15) is 0 Å². The molecule has 0 saturated carbocycles. The highest BCUT2D eigenvalue weighted by Crippen LogP contribution is 2.47. The topological polar surface area (TPSA) is 12.9 Å². The maximum atomic E-state index is 4.77. The van der Waals surface area contributed by atoms with Crippen LogP contribution in [0.2, 0.25) is 0 Å². The molecule has 1 aliphatic carbocycles. The van der Waals surface area contributed by atoms with E-state index in [1.807, 2.05) is 18.5 Å². The van der Waals surface area contributed by atoms with Crippen molar-refractivity contribution >= 4 is 23.4 Å². The van der Waals surface area contributed by atoms with Crippen LogP contribution in [0.25, 0.3) is 21.9 Å². The first-order valence-electron chi connectivity index (χ1n) is 9.00. The molecule has 2 aromatic carbocycles. The van der Waals surface area contributed by atoms with Crippen LogP contribution in [0, 0.1) is 0 Å². The van der Waals surface area contributed by atoms with Crippen LogP contribution in [0.1, 0.15) is 51.7 Å². The minimum Gasteiger partial charge on any atom is -0.264 e. The van der Waals surface area contributed by atoms with Gasteiger partial charge < -0.3 is 0 Å². The summed E-state index contributed by atoms with van der Waals surface area (Å²) in [5.41, 5.74) is 5.89. The summed E-state index contributed by atoms with van der Waals surface area (Å²) < 4.78 is 0. The highest BCUT2D eigenvalue weighted by molar-refractivity contribution is 7.80. The van der Waals surface area contributed by atoms with Crippen molar-refractivity contribution in [1.29, 1.82) is 0 Å². The molecule has 3 aromatic rings. The van der Waals surface area contributed by atoms with Gasteiger partial charge in [0.2, 0.25) is 0 Å². The number of aromatic nitrogens is 1. The lowest BCUT2D eigenvalue weighted by molar-refractivity contribution is 0.332. The van der Waals surface area contributed by atoms with Gasteiger partial charge in [0.05, 0.1) is 0 Å². The molecule has 0 saturated heterocycles. The Morgan fingerprint density at radius 1 is 0.840 bits per heavy atom. The Bertz CT molecular complexity index is 969. The van der Waals surface area contributed by atoms with E-state index in [1.54, 1.807) is 0 Å². The summed E-state index contributed by atoms with van der Waals surface area (Å²) in [6, 6.07) is 13.4. The second-order valence-corrected chi connectivity index (χ2v) is 9.10. The summed E-state index contributed by atoms with van der Waals surface area (Å²) in [7, 11) is 0. The predicted octanol–water partition coefficient (Wildman–Crippen LogP) is 6.54. The SMILES string of the molecule is CC1(C)CCC(C)(C)c2cc(-c3cc4cnccc4cc3S)ccc21. The molecule has 25 heavy (non-hydrogen) atoms. The standard InChI is InChI=1S/C23H25NS/c1-22(2)8-9-23(3,4)20-12-16(5-6-19(20)22)18-11-17-14-24-10-7-15(17)13-21(18)25/h5-7,10-14,25H,8-9H2,1-4H3. The molecule has 0 bridgehead atoms. The maximum Gasteiger partial charge on any atom is 0.0346 e. The van der Waals surface area contributed by atoms with Gasteiger partial charge in [0.25, 0.3) is 0 Å². The number of benzene rings is 2. The van der Waals surface area contributed by atoms with Crippen LogP contribution in [0.5, 0.6) is 0 Å². The number of rotatable bonds is 1. The summed E-state index contributed by atoms with van der Waals surface area (Å²) in [6.07, 6.45) is 6.23. The Morgan fingerprint density at radius 3 is 2.32 bits per heavy atom. The van der Waals surface area contributed by atoms with Crippen molar-refractivity contribution in [2.75, 3.05) is 0 Å². The van der Waals surface area contributed by atoms with Gasteiger partial charge in [-0.15, -0.1) is 12.6 Å². The van der Waals surface area contributed by atoms with Gasteiger partial charge in [-0.1, -0.05) is 45.9 Å². The van der Waals surface area contributed by atoms with Gasteiger partial charge in [0.1, 0.15) is 0 Å². The Morgan fingerprint density at radius 2 is 1.56 bits per heavy atom. The van der Waals surface area contributed by atoms with Crippen molar-refractivity contribution in [1.82, 2.24) is 4.98 Å². The van der Waals surface area contributed by atoms with Crippen molar-refractivity contribution in [3.05, 3.63) is 59.9 Å². The molecule has 4 rings (SSSR count). The smallest absolute Gasteiger partial charge is 0.0346 e. The number of nitrogens with zero attached hydrogens (tertiary/aromatic N) is 1. The second kappa shape index (κ2) is 5.60. The average molecular weight is 348 g/mol. The number of hydrogen-bond donors (Lipinski definition) is 1. The lowest BCUT2D eigenvalue weighted by Crippen LogP contribution is -2.33. The van der Waals surface area contributed by atoms with E-state index in [2.05, 4.69) is 63.0 Å². The Kier molecular flexibility index (Phi) is 3.73. The summed E-state index contributed by atoms with van der Waals surface area (Å²) >= 11 is 4.77. The number of pyridine rings is 1. The molecule has 1 aliphatic rings. The monoisotopic (exact) mass is 347 g/mol. The summed E-state index contributed by atoms with van der Waals surface area (Å²) in [5, 5.41) is 2.34. The van der Waals surface area contributed by atoms with Crippen LogP contribution in [0.4, 0.5) is 0 Å². The molecule has 128 valence electrons. The lowest BCUT2D eigenvalue weighted by atomic mass is 9.63. The van der Waals surface area contributed by atoms with Crippen LogP contribution in [0.3, 0.4) is 0 Å². The molecular weight excluding hydrogens is 322 g/mol. The highest BCUT2D eigenvalue weighted by atomic mass is 32.1. The second-order valence-electron chi connectivity index (χ2n) is 8.62. The van der Waals surface area contributed by atoms with Crippen LogP contribution in [-0.4, -0.2) is 4.98 Å². The van der Waals surface area contributed by atoms with Crippen LogP contribution in [0.15, 0.2) is 53.7 Å². The molecule has 0 amide bonds. The Labute approximate surface area is 155 Å². The first-order chi connectivity index (χ1) is 11.8. The first-order valence-corrected chi connectivity index (χ1v) is 9.45. The maximum absolute atomic E-state index is 4.77. The molecule has 1 aromatic heterocycles. The van der Waals surface area contributed by atoms with Crippen LogP contribution < -0.4 is 0 Å². The zero-order chi connectivity index (χ0) is 17.8. The Balaban J connectivity index is 1.92. The van der Waals surface area contributed by atoms with E-state index in [0.29, 0.717) is 0 Å².